The summed E-state index contributed by atoms with van der Waals surface area (Å²) in [6.45, 7) is 2.55. The van der Waals surface area contributed by atoms with Crippen LogP contribution in [0, 0.1) is 5.41 Å². The molecule has 5 rings (SSSR count). The third-order valence-corrected chi connectivity index (χ3v) is 8.50. The normalized spacial score (nSPS) is 18.8. The fourth-order valence-corrected chi connectivity index (χ4v) is 6.07. The zero-order valence-corrected chi connectivity index (χ0v) is 23.3. The molecule has 0 bridgehead atoms. The lowest BCUT2D eigenvalue weighted by Gasteiger charge is -2.44. The Kier molecular flexibility index (Phi) is 8.50. The smallest absolute Gasteiger partial charge is 0.255 e. The Morgan fingerprint density at radius 3 is 2.54 bits per heavy atom. The van der Waals surface area contributed by atoms with Crippen LogP contribution in [0.25, 0.3) is 5.69 Å². The van der Waals surface area contributed by atoms with Gasteiger partial charge in [-0.25, -0.2) is 0 Å². The molecular formula is C30H36ClN5O3. The van der Waals surface area contributed by atoms with E-state index in [9.17, 15) is 9.59 Å². The van der Waals surface area contributed by atoms with Crippen molar-refractivity contribution in [2.45, 2.75) is 51.4 Å². The molecule has 39 heavy (non-hydrogen) atoms. The van der Waals surface area contributed by atoms with Crippen LogP contribution in [0.15, 0.2) is 55.1 Å². The van der Waals surface area contributed by atoms with Gasteiger partial charge in [0.05, 0.1) is 17.2 Å². The van der Waals surface area contributed by atoms with E-state index >= 15 is 0 Å². The van der Waals surface area contributed by atoms with E-state index in [-0.39, 0.29) is 17.2 Å². The Hall–Kier alpha value is -3.39. The first-order valence-corrected chi connectivity index (χ1v) is 14.2. The average molecular weight is 550 g/mol. The maximum absolute atomic E-state index is 13.5. The SMILES string of the molecule is CN1CC2(CCCCc3ccccc3OCCCC1=O)CCN(C(=O)c1cc(-n3cnnc3)ccc1Cl)CC2. The number of aryl methyl sites for hydroxylation is 1. The number of rotatable bonds is 2. The molecular weight excluding hydrogens is 514 g/mol. The number of amides is 2. The highest BCUT2D eigenvalue weighted by molar-refractivity contribution is 6.33. The zero-order valence-electron chi connectivity index (χ0n) is 22.5. The van der Waals surface area contributed by atoms with Crippen LogP contribution < -0.4 is 4.74 Å². The van der Waals surface area contributed by atoms with E-state index in [2.05, 4.69) is 22.3 Å². The summed E-state index contributed by atoms with van der Waals surface area (Å²) in [5.74, 6) is 1.02. The number of piperidine rings is 1. The standard InChI is InChI=1S/C30H36ClN5O3/c1-34-20-30(13-5-4-8-23-7-2-3-9-27(23)39-18-6-10-28(34)37)14-16-35(17-15-30)29(38)25-19-24(11-12-26(25)31)36-21-32-33-22-36/h2-3,7,9,11-12,19,21-22H,4-6,8,10,13-18,20H2,1H3. The Morgan fingerprint density at radius 1 is 0.974 bits per heavy atom. The molecule has 0 unspecified atom stereocenters. The van der Waals surface area contributed by atoms with E-state index in [1.807, 2.05) is 35.0 Å². The zero-order chi connectivity index (χ0) is 27.2. The van der Waals surface area contributed by atoms with E-state index < -0.39 is 0 Å². The van der Waals surface area contributed by atoms with Crippen molar-refractivity contribution >= 4 is 23.4 Å². The highest BCUT2D eigenvalue weighted by atomic mass is 35.5. The van der Waals surface area contributed by atoms with E-state index in [4.69, 9.17) is 16.3 Å². The van der Waals surface area contributed by atoms with Crippen molar-refractivity contribution in [3.63, 3.8) is 0 Å². The number of benzene rings is 2. The van der Waals surface area contributed by atoms with E-state index in [1.54, 1.807) is 29.4 Å². The fourth-order valence-electron chi connectivity index (χ4n) is 5.87. The fraction of sp³-hybridized carbons (Fsp3) is 0.467. The predicted octanol–water partition coefficient (Wildman–Crippen LogP) is 5.19. The number of hydrogen-bond donors (Lipinski definition) is 0. The minimum atomic E-state index is -0.0632. The first-order chi connectivity index (χ1) is 18.9. The first kappa shape index (κ1) is 27.2. The van der Waals surface area contributed by atoms with Crippen LogP contribution in [0.2, 0.25) is 5.02 Å². The Labute approximate surface area is 234 Å². The number of carbonyl (C=O) groups is 2. The van der Waals surface area contributed by atoms with Gasteiger partial charge in [-0.2, -0.15) is 0 Å². The number of halogens is 1. The summed E-state index contributed by atoms with van der Waals surface area (Å²) in [6.07, 6.45) is 10.2. The molecule has 2 aliphatic heterocycles. The predicted molar refractivity (Wildman–Crippen MR) is 150 cm³/mol. The Bertz CT molecular complexity index is 1290. The number of fused-ring (bicyclic) bond motifs is 1. The summed E-state index contributed by atoms with van der Waals surface area (Å²) in [5.41, 5.74) is 2.51. The van der Waals surface area contributed by atoms with Crippen LogP contribution in [0.1, 0.15) is 60.9 Å². The summed E-state index contributed by atoms with van der Waals surface area (Å²) in [4.78, 5) is 30.3. The van der Waals surface area contributed by atoms with Crippen LogP contribution >= 0.6 is 11.6 Å². The van der Waals surface area contributed by atoms with Crippen molar-refractivity contribution in [2.75, 3.05) is 33.3 Å². The summed E-state index contributed by atoms with van der Waals surface area (Å²) in [7, 11) is 1.92. The number of aromatic nitrogens is 3. The lowest BCUT2D eigenvalue weighted by atomic mass is 9.73. The van der Waals surface area contributed by atoms with Gasteiger partial charge >= 0.3 is 0 Å². The van der Waals surface area contributed by atoms with Gasteiger partial charge in [-0.1, -0.05) is 36.2 Å². The van der Waals surface area contributed by atoms with Gasteiger partial charge in [0.1, 0.15) is 18.4 Å². The van der Waals surface area contributed by atoms with Gasteiger partial charge in [0, 0.05) is 38.8 Å². The maximum atomic E-state index is 13.5. The molecule has 2 aromatic carbocycles. The molecule has 3 aromatic rings. The van der Waals surface area contributed by atoms with Gasteiger partial charge in [0.2, 0.25) is 5.91 Å². The molecule has 0 atom stereocenters. The largest absolute Gasteiger partial charge is 0.493 e. The number of carbonyl (C=O) groups excluding carboxylic acids is 2. The number of ether oxygens (including phenoxy) is 1. The second-order valence-electron chi connectivity index (χ2n) is 10.8. The molecule has 9 heteroatoms. The van der Waals surface area contributed by atoms with Crippen LogP contribution in [0.5, 0.6) is 5.75 Å². The summed E-state index contributed by atoms with van der Waals surface area (Å²) >= 11 is 6.47. The second kappa shape index (κ2) is 12.2. The summed E-state index contributed by atoms with van der Waals surface area (Å²) in [5, 5.41) is 8.14. The van der Waals surface area contributed by atoms with E-state index in [1.165, 1.54) is 5.56 Å². The molecule has 2 aliphatic rings. The van der Waals surface area contributed by atoms with Gasteiger partial charge in [-0.05, 0) is 73.8 Å². The van der Waals surface area contributed by atoms with Crippen molar-refractivity contribution < 1.29 is 14.3 Å². The number of hydrogen-bond acceptors (Lipinski definition) is 5. The summed E-state index contributed by atoms with van der Waals surface area (Å²) < 4.78 is 7.76. The molecule has 0 radical (unpaired) electrons. The third kappa shape index (κ3) is 6.44. The summed E-state index contributed by atoms with van der Waals surface area (Å²) in [6, 6.07) is 13.6. The molecule has 1 saturated heterocycles. The van der Waals surface area contributed by atoms with Gasteiger partial charge in [0.15, 0.2) is 0 Å². The van der Waals surface area contributed by atoms with Crippen molar-refractivity contribution in [1.82, 2.24) is 24.6 Å². The lowest BCUT2D eigenvalue weighted by Crippen LogP contribution is -2.48. The maximum Gasteiger partial charge on any atom is 0.255 e. The quantitative estimate of drug-likeness (QED) is 0.439. The number of para-hydroxylation sites is 1. The van der Waals surface area contributed by atoms with Crippen molar-refractivity contribution in [2.24, 2.45) is 5.41 Å². The van der Waals surface area contributed by atoms with Crippen molar-refractivity contribution in [3.05, 3.63) is 71.3 Å². The molecule has 8 nitrogen and oxygen atoms in total. The monoisotopic (exact) mass is 549 g/mol. The lowest BCUT2D eigenvalue weighted by molar-refractivity contribution is -0.132. The van der Waals surface area contributed by atoms with E-state index in [0.29, 0.717) is 43.1 Å². The van der Waals surface area contributed by atoms with Gasteiger partial charge in [0.25, 0.3) is 5.91 Å². The van der Waals surface area contributed by atoms with Crippen molar-refractivity contribution in [3.8, 4) is 11.4 Å². The van der Waals surface area contributed by atoms with Crippen LogP contribution in [-0.2, 0) is 11.2 Å². The minimum absolute atomic E-state index is 0.00452. The molecule has 206 valence electrons. The highest BCUT2D eigenvalue weighted by Gasteiger charge is 2.37. The van der Waals surface area contributed by atoms with Crippen LogP contribution in [-0.4, -0.2) is 69.7 Å². The molecule has 1 spiro atoms. The molecule has 1 aromatic heterocycles. The van der Waals surface area contributed by atoms with E-state index in [0.717, 1.165) is 56.5 Å². The molecule has 1 fully saturated rings. The van der Waals surface area contributed by atoms with Gasteiger partial charge < -0.3 is 14.5 Å². The molecule has 0 N–H and O–H groups in total. The Balaban J connectivity index is 1.28. The van der Waals surface area contributed by atoms with Gasteiger partial charge in [-0.15, -0.1) is 10.2 Å². The second-order valence-corrected chi connectivity index (χ2v) is 11.2. The molecule has 3 heterocycles. The molecule has 2 amide bonds. The Morgan fingerprint density at radius 2 is 1.74 bits per heavy atom. The van der Waals surface area contributed by atoms with Crippen LogP contribution in [0.4, 0.5) is 0 Å². The van der Waals surface area contributed by atoms with Crippen molar-refractivity contribution in [1.29, 1.82) is 0 Å². The van der Waals surface area contributed by atoms with Crippen LogP contribution in [0.3, 0.4) is 0 Å². The number of likely N-dealkylation sites (tertiary alicyclic amines) is 1. The minimum Gasteiger partial charge on any atom is -0.493 e. The topological polar surface area (TPSA) is 80.6 Å². The molecule has 0 aliphatic carbocycles. The number of nitrogens with zero attached hydrogens (tertiary/aromatic N) is 5. The highest BCUT2D eigenvalue weighted by Crippen LogP contribution is 2.39. The molecule has 0 saturated carbocycles. The average Bonchev–Trinajstić information content (AvgIpc) is 3.49. The third-order valence-electron chi connectivity index (χ3n) is 8.18. The first-order valence-electron chi connectivity index (χ1n) is 13.8. The van der Waals surface area contributed by atoms with Gasteiger partial charge in [-0.3, -0.25) is 14.2 Å².